The maximum absolute atomic E-state index is 11.6. The number of hydrogen-bond acceptors (Lipinski definition) is 5. The summed E-state index contributed by atoms with van der Waals surface area (Å²) < 4.78 is 4.94. The zero-order chi connectivity index (χ0) is 14.8. The molecule has 21 heavy (non-hydrogen) atoms. The Morgan fingerprint density at radius 2 is 1.86 bits per heavy atom. The van der Waals surface area contributed by atoms with Crippen LogP contribution in [-0.4, -0.2) is 27.6 Å². The summed E-state index contributed by atoms with van der Waals surface area (Å²) in [6.45, 7) is 2.13. The van der Waals surface area contributed by atoms with Crippen LogP contribution < -0.4 is 5.73 Å². The number of anilines is 1. The van der Waals surface area contributed by atoms with Gasteiger partial charge in [0.05, 0.1) is 17.9 Å². The quantitative estimate of drug-likeness (QED) is 0.588. The minimum atomic E-state index is -0.338. The van der Waals surface area contributed by atoms with Crippen LogP contribution in [0.3, 0.4) is 0 Å². The van der Waals surface area contributed by atoms with E-state index in [4.69, 9.17) is 10.5 Å². The van der Waals surface area contributed by atoms with Crippen molar-refractivity contribution in [3.05, 3.63) is 48.0 Å². The van der Waals surface area contributed by atoms with Crippen molar-refractivity contribution in [2.45, 2.75) is 6.92 Å². The lowest BCUT2D eigenvalue weighted by molar-refractivity contribution is 0.0526. The molecule has 3 aromatic rings. The van der Waals surface area contributed by atoms with E-state index in [0.29, 0.717) is 17.9 Å². The van der Waals surface area contributed by atoms with E-state index in [2.05, 4.69) is 10.2 Å². The van der Waals surface area contributed by atoms with E-state index in [-0.39, 0.29) is 5.97 Å². The summed E-state index contributed by atoms with van der Waals surface area (Å²) in [6.07, 6.45) is 0. The molecule has 1 heterocycles. The molecule has 0 saturated heterocycles. The molecule has 0 bridgehead atoms. The predicted octanol–water partition coefficient (Wildman–Crippen LogP) is 2.18. The van der Waals surface area contributed by atoms with Gasteiger partial charge in [-0.2, -0.15) is 4.80 Å². The number of hydrogen-bond donors (Lipinski definition) is 1. The van der Waals surface area contributed by atoms with Crippen LogP contribution in [0.1, 0.15) is 17.3 Å². The van der Waals surface area contributed by atoms with Crippen molar-refractivity contribution in [1.82, 2.24) is 15.0 Å². The van der Waals surface area contributed by atoms with Crippen LogP contribution in [0, 0.1) is 0 Å². The SMILES string of the molecule is CCOC(=O)c1ccc(-n2nc3ccc(N)cc3n2)cc1. The molecule has 0 saturated carbocycles. The van der Waals surface area contributed by atoms with Crippen LogP contribution in [-0.2, 0) is 4.74 Å². The van der Waals surface area contributed by atoms with Gasteiger partial charge in [0.15, 0.2) is 0 Å². The van der Waals surface area contributed by atoms with Gasteiger partial charge in [-0.05, 0) is 49.4 Å². The number of esters is 1. The van der Waals surface area contributed by atoms with Crippen LogP contribution in [0.2, 0.25) is 0 Å². The lowest BCUT2D eigenvalue weighted by Crippen LogP contribution is -2.05. The molecule has 2 N–H and O–H groups in total. The number of carbonyl (C=O) groups is 1. The third-order valence-electron chi connectivity index (χ3n) is 3.01. The summed E-state index contributed by atoms with van der Waals surface area (Å²) in [7, 11) is 0. The topological polar surface area (TPSA) is 83.0 Å². The van der Waals surface area contributed by atoms with Crippen LogP contribution >= 0.6 is 0 Å². The molecule has 106 valence electrons. The van der Waals surface area contributed by atoms with Gasteiger partial charge in [-0.15, -0.1) is 10.2 Å². The van der Waals surface area contributed by atoms with Crippen molar-refractivity contribution < 1.29 is 9.53 Å². The first kappa shape index (κ1) is 13.1. The van der Waals surface area contributed by atoms with Crippen molar-refractivity contribution in [2.24, 2.45) is 0 Å². The first-order valence-electron chi connectivity index (χ1n) is 6.57. The zero-order valence-electron chi connectivity index (χ0n) is 11.5. The lowest BCUT2D eigenvalue weighted by Gasteiger charge is -2.03. The summed E-state index contributed by atoms with van der Waals surface area (Å²) in [5.74, 6) is -0.338. The molecule has 0 aliphatic heterocycles. The highest BCUT2D eigenvalue weighted by molar-refractivity contribution is 5.89. The molecule has 3 rings (SSSR count). The Balaban J connectivity index is 1.93. The largest absolute Gasteiger partial charge is 0.462 e. The Hall–Kier alpha value is -2.89. The van der Waals surface area contributed by atoms with Crippen molar-refractivity contribution in [3.8, 4) is 5.69 Å². The second kappa shape index (κ2) is 5.24. The molecule has 6 nitrogen and oxygen atoms in total. The van der Waals surface area contributed by atoms with Crippen molar-refractivity contribution in [1.29, 1.82) is 0 Å². The Bertz CT molecular complexity index is 793. The number of fused-ring (bicyclic) bond motifs is 1. The van der Waals surface area contributed by atoms with Crippen LogP contribution in [0.25, 0.3) is 16.7 Å². The van der Waals surface area contributed by atoms with Gasteiger partial charge < -0.3 is 10.5 Å². The highest BCUT2D eigenvalue weighted by Crippen LogP contribution is 2.16. The zero-order valence-corrected chi connectivity index (χ0v) is 11.5. The van der Waals surface area contributed by atoms with E-state index in [1.165, 1.54) is 4.80 Å². The second-order valence-corrected chi connectivity index (χ2v) is 4.50. The van der Waals surface area contributed by atoms with Crippen molar-refractivity contribution >= 4 is 22.7 Å². The fourth-order valence-corrected chi connectivity index (χ4v) is 1.99. The smallest absolute Gasteiger partial charge is 0.338 e. The van der Waals surface area contributed by atoms with E-state index < -0.39 is 0 Å². The molecular weight excluding hydrogens is 268 g/mol. The first-order chi connectivity index (χ1) is 10.2. The fraction of sp³-hybridized carbons (Fsp3) is 0.133. The third kappa shape index (κ3) is 2.55. The molecule has 2 aromatic carbocycles. The van der Waals surface area contributed by atoms with Crippen molar-refractivity contribution in [3.63, 3.8) is 0 Å². The summed E-state index contributed by atoms with van der Waals surface area (Å²) in [4.78, 5) is 13.1. The Labute approximate surface area is 121 Å². The van der Waals surface area contributed by atoms with E-state index in [1.807, 2.05) is 6.07 Å². The number of nitrogens with two attached hydrogens (primary N) is 1. The minimum absolute atomic E-state index is 0.338. The molecule has 0 atom stereocenters. The van der Waals surface area contributed by atoms with E-state index in [0.717, 1.165) is 16.7 Å². The fourth-order valence-electron chi connectivity index (χ4n) is 1.99. The Morgan fingerprint density at radius 3 is 2.57 bits per heavy atom. The monoisotopic (exact) mass is 282 g/mol. The molecule has 1 aromatic heterocycles. The van der Waals surface area contributed by atoms with Gasteiger partial charge in [0, 0.05) is 5.69 Å². The number of rotatable bonds is 3. The van der Waals surface area contributed by atoms with Gasteiger partial charge in [0.2, 0.25) is 0 Å². The number of nitrogen functional groups attached to an aromatic ring is 1. The van der Waals surface area contributed by atoms with Gasteiger partial charge in [0.25, 0.3) is 0 Å². The minimum Gasteiger partial charge on any atom is -0.462 e. The number of ether oxygens (including phenoxy) is 1. The van der Waals surface area contributed by atoms with E-state index in [9.17, 15) is 4.79 Å². The Morgan fingerprint density at radius 1 is 1.14 bits per heavy atom. The maximum Gasteiger partial charge on any atom is 0.338 e. The Kier molecular flexibility index (Phi) is 3.27. The highest BCUT2D eigenvalue weighted by Gasteiger charge is 2.08. The number of carbonyl (C=O) groups excluding carboxylic acids is 1. The summed E-state index contributed by atoms with van der Waals surface area (Å²) >= 11 is 0. The van der Waals surface area contributed by atoms with Gasteiger partial charge in [-0.25, -0.2) is 4.79 Å². The average molecular weight is 282 g/mol. The number of benzene rings is 2. The molecule has 0 aliphatic rings. The molecule has 0 unspecified atom stereocenters. The molecule has 0 amide bonds. The molecule has 6 heteroatoms. The van der Waals surface area contributed by atoms with Crippen LogP contribution in [0.15, 0.2) is 42.5 Å². The number of nitrogens with zero attached hydrogens (tertiary/aromatic N) is 3. The van der Waals surface area contributed by atoms with E-state index in [1.54, 1.807) is 43.3 Å². The predicted molar refractivity (Wildman–Crippen MR) is 79.2 cm³/mol. The standard InChI is InChI=1S/C15H14N4O2/c1-2-21-15(20)10-3-6-12(7-4-10)19-17-13-8-5-11(16)9-14(13)18-19/h3-9H,2,16H2,1H3. The average Bonchev–Trinajstić information content (AvgIpc) is 2.90. The summed E-state index contributed by atoms with van der Waals surface area (Å²) in [5.41, 5.74) is 9.12. The van der Waals surface area contributed by atoms with Gasteiger partial charge in [-0.3, -0.25) is 0 Å². The molecule has 0 spiro atoms. The lowest BCUT2D eigenvalue weighted by atomic mass is 10.2. The van der Waals surface area contributed by atoms with Crippen molar-refractivity contribution in [2.75, 3.05) is 12.3 Å². The normalized spacial score (nSPS) is 10.7. The van der Waals surface area contributed by atoms with Gasteiger partial charge in [0.1, 0.15) is 11.0 Å². The summed E-state index contributed by atoms with van der Waals surface area (Å²) in [5, 5.41) is 8.73. The maximum atomic E-state index is 11.6. The second-order valence-electron chi connectivity index (χ2n) is 4.50. The highest BCUT2D eigenvalue weighted by atomic mass is 16.5. The number of aromatic nitrogens is 3. The molecule has 0 aliphatic carbocycles. The van der Waals surface area contributed by atoms with Gasteiger partial charge in [-0.1, -0.05) is 0 Å². The van der Waals surface area contributed by atoms with Gasteiger partial charge >= 0.3 is 5.97 Å². The third-order valence-corrected chi connectivity index (χ3v) is 3.01. The molecule has 0 fully saturated rings. The van der Waals surface area contributed by atoms with Crippen LogP contribution in [0.4, 0.5) is 5.69 Å². The molecular formula is C15H14N4O2. The van der Waals surface area contributed by atoms with Crippen LogP contribution in [0.5, 0.6) is 0 Å². The first-order valence-corrected chi connectivity index (χ1v) is 6.57. The van der Waals surface area contributed by atoms with E-state index >= 15 is 0 Å². The summed E-state index contributed by atoms with van der Waals surface area (Å²) in [6, 6.07) is 12.3. The molecule has 0 radical (unpaired) electrons.